The second kappa shape index (κ2) is 4.55. The van der Waals surface area contributed by atoms with E-state index in [2.05, 4.69) is 22.2 Å². The Kier molecular flexibility index (Phi) is 3.13. The van der Waals surface area contributed by atoms with Crippen LogP contribution in [0.2, 0.25) is 0 Å². The molecule has 5 heteroatoms. The molecule has 0 atom stereocenters. The lowest BCUT2D eigenvalue weighted by Crippen LogP contribution is -2.10. The van der Waals surface area contributed by atoms with E-state index in [4.69, 9.17) is 0 Å². The lowest BCUT2D eigenvalue weighted by molar-refractivity contribution is 0.734. The minimum absolute atomic E-state index is 0.895. The molecule has 0 amide bonds. The topological polar surface area (TPSA) is 42.7 Å². The van der Waals surface area contributed by atoms with Crippen molar-refractivity contribution in [3.8, 4) is 10.7 Å². The van der Waals surface area contributed by atoms with Gasteiger partial charge in [-0.3, -0.25) is 0 Å². The summed E-state index contributed by atoms with van der Waals surface area (Å²) in [7, 11) is 1.98. The third-order valence-electron chi connectivity index (χ3n) is 2.14. The number of nitrogens with one attached hydrogen (secondary N) is 1. The Balaban J connectivity index is 2.17. The molecule has 0 saturated carbocycles. The van der Waals surface area contributed by atoms with Crippen molar-refractivity contribution < 1.29 is 0 Å². The number of rotatable bonds is 4. The summed E-state index contributed by atoms with van der Waals surface area (Å²) in [5, 5.41) is 4.32. The van der Waals surface area contributed by atoms with Crippen LogP contribution in [0.5, 0.6) is 0 Å². The molecule has 0 aliphatic heterocycles. The third kappa shape index (κ3) is 2.24. The van der Waals surface area contributed by atoms with E-state index in [1.807, 2.05) is 24.0 Å². The van der Waals surface area contributed by atoms with Gasteiger partial charge in [0.2, 0.25) is 0 Å². The Labute approximate surface area is 93.0 Å². The zero-order chi connectivity index (χ0) is 10.7. The van der Waals surface area contributed by atoms with Gasteiger partial charge >= 0.3 is 0 Å². The molecule has 2 heterocycles. The maximum Gasteiger partial charge on any atom is 0.141 e. The molecule has 0 spiro atoms. The Morgan fingerprint density at radius 3 is 3.00 bits per heavy atom. The zero-order valence-corrected chi connectivity index (χ0v) is 9.71. The van der Waals surface area contributed by atoms with Crippen molar-refractivity contribution in [2.24, 2.45) is 7.05 Å². The van der Waals surface area contributed by atoms with Crippen LogP contribution < -0.4 is 5.32 Å². The van der Waals surface area contributed by atoms with Crippen molar-refractivity contribution >= 4 is 11.3 Å². The van der Waals surface area contributed by atoms with Gasteiger partial charge in [-0.15, -0.1) is 11.3 Å². The highest BCUT2D eigenvalue weighted by atomic mass is 32.1. The fourth-order valence-corrected chi connectivity index (χ4v) is 2.25. The van der Waals surface area contributed by atoms with Gasteiger partial charge in [-0.05, 0) is 6.54 Å². The Hall–Kier alpha value is -1.20. The van der Waals surface area contributed by atoms with Crippen LogP contribution in [0.15, 0.2) is 18.7 Å². The van der Waals surface area contributed by atoms with E-state index in [1.165, 1.54) is 4.88 Å². The summed E-state index contributed by atoms with van der Waals surface area (Å²) >= 11 is 1.71. The lowest BCUT2D eigenvalue weighted by atomic mass is 10.5. The lowest BCUT2D eigenvalue weighted by Gasteiger charge is -1.96. The Morgan fingerprint density at radius 2 is 2.33 bits per heavy atom. The second-order valence-corrected chi connectivity index (χ2v) is 4.42. The number of aryl methyl sites for hydroxylation is 1. The van der Waals surface area contributed by atoms with Crippen molar-refractivity contribution in [2.75, 3.05) is 6.54 Å². The standard InChI is InChI=1S/C10H14N4S/c1-3-11-4-8-5-13-10(15-8)9-6-12-7-14(9)2/h5-7,11H,3-4H2,1-2H3. The average molecular weight is 222 g/mol. The molecule has 0 radical (unpaired) electrons. The molecule has 0 aliphatic rings. The largest absolute Gasteiger partial charge is 0.332 e. The van der Waals surface area contributed by atoms with Gasteiger partial charge in [0.1, 0.15) is 5.01 Å². The smallest absolute Gasteiger partial charge is 0.141 e. The molecular weight excluding hydrogens is 208 g/mol. The molecule has 1 N–H and O–H groups in total. The summed E-state index contributed by atoms with van der Waals surface area (Å²) in [5.41, 5.74) is 1.07. The molecule has 0 bridgehead atoms. The summed E-state index contributed by atoms with van der Waals surface area (Å²) in [5.74, 6) is 0. The highest BCUT2D eigenvalue weighted by Gasteiger charge is 2.07. The first-order valence-corrected chi connectivity index (χ1v) is 5.75. The predicted molar refractivity (Wildman–Crippen MR) is 61.7 cm³/mol. The quantitative estimate of drug-likeness (QED) is 0.855. The van der Waals surface area contributed by atoms with Gasteiger partial charge in [-0.2, -0.15) is 0 Å². The molecule has 0 saturated heterocycles. The van der Waals surface area contributed by atoms with Crippen LogP contribution in [0.25, 0.3) is 10.7 Å². The van der Waals surface area contributed by atoms with E-state index < -0.39 is 0 Å². The minimum atomic E-state index is 0.895. The van der Waals surface area contributed by atoms with Crippen molar-refractivity contribution in [3.05, 3.63) is 23.6 Å². The second-order valence-electron chi connectivity index (χ2n) is 3.30. The number of aromatic nitrogens is 3. The molecule has 0 fully saturated rings. The maximum atomic E-state index is 4.39. The number of hydrogen-bond acceptors (Lipinski definition) is 4. The maximum absolute atomic E-state index is 4.39. The molecular formula is C10H14N4S. The normalized spacial score (nSPS) is 10.8. The molecule has 0 aliphatic carbocycles. The van der Waals surface area contributed by atoms with Crippen LogP contribution in [0.4, 0.5) is 0 Å². The third-order valence-corrected chi connectivity index (χ3v) is 3.16. The SMILES string of the molecule is CCNCc1cnc(-c2cncn2C)s1. The van der Waals surface area contributed by atoms with Crippen molar-refractivity contribution in [2.45, 2.75) is 13.5 Å². The first-order valence-electron chi connectivity index (χ1n) is 4.93. The van der Waals surface area contributed by atoms with Gasteiger partial charge < -0.3 is 9.88 Å². The number of hydrogen-bond donors (Lipinski definition) is 1. The van der Waals surface area contributed by atoms with E-state index in [9.17, 15) is 0 Å². The van der Waals surface area contributed by atoms with Gasteiger partial charge in [0.25, 0.3) is 0 Å². The monoisotopic (exact) mass is 222 g/mol. The van der Waals surface area contributed by atoms with Crippen LogP contribution in [-0.4, -0.2) is 21.1 Å². The van der Waals surface area contributed by atoms with Crippen LogP contribution >= 0.6 is 11.3 Å². The van der Waals surface area contributed by atoms with E-state index in [0.29, 0.717) is 0 Å². The highest BCUT2D eigenvalue weighted by Crippen LogP contribution is 2.23. The predicted octanol–water partition coefficient (Wildman–Crippen LogP) is 1.65. The summed E-state index contributed by atoms with van der Waals surface area (Å²) in [6, 6.07) is 0. The number of imidazole rings is 1. The molecule has 4 nitrogen and oxygen atoms in total. The molecule has 2 aromatic heterocycles. The van der Waals surface area contributed by atoms with Gasteiger partial charge in [0.05, 0.1) is 18.2 Å². The summed E-state index contributed by atoms with van der Waals surface area (Å²) in [4.78, 5) is 9.73. The molecule has 0 unspecified atom stereocenters. The molecule has 2 rings (SSSR count). The summed E-state index contributed by atoms with van der Waals surface area (Å²) < 4.78 is 1.98. The van der Waals surface area contributed by atoms with Crippen LogP contribution in [0, 0.1) is 0 Å². The number of thiazole rings is 1. The fourth-order valence-electron chi connectivity index (χ4n) is 1.32. The van der Waals surface area contributed by atoms with Crippen molar-refractivity contribution in [1.29, 1.82) is 0 Å². The molecule has 80 valence electrons. The first-order chi connectivity index (χ1) is 7.31. The average Bonchev–Trinajstić information content (AvgIpc) is 2.83. The van der Waals surface area contributed by atoms with E-state index in [-0.39, 0.29) is 0 Å². The first kappa shape index (κ1) is 10.3. The highest BCUT2D eigenvalue weighted by molar-refractivity contribution is 7.14. The van der Waals surface area contributed by atoms with Gasteiger partial charge in [0, 0.05) is 24.7 Å². The zero-order valence-electron chi connectivity index (χ0n) is 8.90. The molecule has 0 aromatic carbocycles. The summed E-state index contributed by atoms with van der Waals surface area (Å²) in [6.45, 7) is 3.98. The van der Waals surface area contributed by atoms with Crippen molar-refractivity contribution in [1.82, 2.24) is 19.9 Å². The van der Waals surface area contributed by atoms with Gasteiger partial charge in [0.15, 0.2) is 0 Å². The fraction of sp³-hybridized carbons (Fsp3) is 0.400. The molecule has 15 heavy (non-hydrogen) atoms. The van der Waals surface area contributed by atoms with E-state index in [1.54, 1.807) is 17.7 Å². The van der Waals surface area contributed by atoms with Crippen molar-refractivity contribution in [3.63, 3.8) is 0 Å². The van der Waals surface area contributed by atoms with E-state index in [0.717, 1.165) is 23.8 Å². The Bertz CT molecular complexity index is 432. The minimum Gasteiger partial charge on any atom is -0.332 e. The summed E-state index contributed by atoms with van der Waals surface area (Å²) in [6.07, 6.45) is 5.56. The van der Waals surface area contributed by atoms with Crippen LogP contribution in [0.1, 0.15) is 11.8 Å². The van der Waals surface area contributed by atoms with E-state index >= 15 is 0 Å². The number of nitrogens with zero attached hydrogens (tertiary/aromatic N) is 3. The Morgan fingerprint density at radius 1 is 1.47 bits per heavy atom. The van der Waals surface area contributed by atoms with Gasteiger partial charge in [-0.25, -0.2) is 9.97 Å². The van der Waals surface area contributed by atoms with Crippen LogP contribution in [-0.2, 0) is 13.6 Å². The van der Waals surface area contributed by atoms with Gasteiger partial charge in [-0.1, -0.05) is 6.92 Å². The van der Waals surface area contributed by atoms with Crippen LogP contribution in [0.3, 0.4) is 0 Å². The molecule has 2 aromatic rings.